The molecule has 0 saturated carbocycles. The second kappa shape index (κ2) is 8.13. The third kappa shape index (κ3) is 7.32. The maximum atomic E-state index is 11.4. The van der Waals surface area contributed by atoms with Crippen LogP contribution in [-0.2, 0) is 11.3 Å². The van der Waals surface area contributed by atoms with Crippen molar-refractivity contribution >= 4 is 36.6 Å². The summed E-state index contributed by atoms with van der Waals surface area (Å²) in [5, 5.41) is 2.59. The molecule has 104 valence electrons. The summed E-state index contributed by atoms with van der Waals surface area (Å²) in [6.45, 7) is 5.81. The first-order valence-corrected chi connectivity index (χ1v) is 5.05. The van der Waals surface area contributed by atoms with Crippen LogP contribution in [0.3, 0.4) is 0 Å². The van der Waals surface area contributed by atoms with Gasteiger partial charge in [0.1, 0.15) is 5.60 Å². The number of nitrogens with zero attached hydrogens (tertiary/aromatic N) is 1. The highest BCUT2D eigenvalue weighted by Crippen LogP contribution is 2.11. The summed E-state index contributed by atoms with van der Waals surface area (Å²) in [5.41, 5.74) is 6.39. The number of halogens is 2. The van der Waals surface area contributed by atoms with Crippen LogP contribution >= 0.6 is 24.8 Å². The Bertz CT molecular complexity index is 381. The van der Waals surface area contributed by atoms with E-state index in [4.69, 9.17) is 10.5 Å². The van der Waals surface area contributed by atoms with Gasteiger partial charge in [-0.3, -0.25) is 10.3 Å². The Labute approximate surface area is 119 Å². The molecule has 0 bridgehead atoms. The Kier molecular flexibility index (Phi) is 8.72. The number of amides is 1. The Hall–Kier alpha value is -1.04. The molecule has 0 aromatic carbocycles. The molecule has 5 nitrogen and oxygen atoms in total. The molecule has 0 aliphatic rings. The minimum absolute atomic E-state index is 0. The minimum atomic E-state index is -0.511. The molecule has 0 fully saturated rings. The van der Waals surface area contributed by atoms with Crippen molar-refractivity contribution in [3.8, 4) is 0 Å². The summed E-state index contributed by atoms with van der Waals surface area (Å²) in [6, 6.07) is 1.76. The predicted molar refractivity (Wildman–Crippen MR) is 76.5 cm³/mol. The number of hydrogen-bond acceptors (Lipinski definition) is 4. The molecule has 0 saturated heterocycles. The molecule has 0 spiro atoms. The first-order valence-electron chi connectivity index (χ1n) is 5.05. The topological polar surface area (TPSA) is 77.2 Å². The predicted octanol–water partition coefficient (Wildman–Crippen LogP) is 2.73. The van der Waals surface area contributed by atoms with E-state index in [9.17, 15) is 4.79 Å². The van der Waals surface area contributed by atoms with Gasteiger partial charge in [0, 0.05) is 12.7 Å². The lowest BCUT2D eigenvalue weighted by molar-refractivity contribution is 0.0636. The lowest BCUT2D eigenvalue weighted by Crippen LogP contribution is -2.27. The Morgan fingerprint density at radius 1 is 1.39 bits per heavy atom. The molecule has 1 heterocycles. The molecule has 1 rings (SSSR count). The van der Waals surface area contributed by atoms with Crippen LogP contribution in [-0.4, -0.2) is 16.7 Å². The zero-order valence-electron chi connectivity index (χ0n) is 10.6. The molecule has 1 aromatic rings. The van der Waals surface area contributed by atoms with Gasteiger partial charge in [-0.15, -0.1) is 24.8 Å². The lowest BCUT2D eigenvalue weighted by Gasteiger charge is -2.19. The standard InChI is InChI=1S/C11H17N3O2.2ClH/c1-11(2,3)16-10(15)14-9-4-8(5-12)6-13-7-9;;/h4,6-7H,5,12H2,1-3H3,(H,14,15);2*1H. The maximum absolute atomic E-state index is 11.4. The molecule has 0 aliphatic heterocycles. The van der Waals surface area contributed by atoms with Crippen molar-refractivity contribution in [3.63, 3.8) is 0 Å². The fraction of sp³-hybridized carbons (Fsp3) is 0.455. The van der Waals surface area contributed by atoms with E-state index in [1.54, 1.807) is 39.2 Å². The number of nitrogens with one attached hydrogen (secondary N) is 1. The molecule has 0 atom stereocenters. The number of carbonyl (C=O) groups is 1. The SMILES string of the molecule is CC(C)(C)OC(=O)Nc1cncc(CN)c1.Cl.Cl. The van der Waals surface area contributed by atoms with Crippen LogP contribution in [0.4, 0.5) is 10.5 Å². The fourth-order valence-corrected chi connectivity index (χ4v) is 1.09. The van der Waals surface area contributed by atoms with Crippen LogP contribution in [0.15, 0.2) is 18.5 Å². The van der Waals surface area contributed by atoms with Crippen molar-refractivity contribution < 1.29 is 9.53 Å². The highest BCUT2D eigenvalue weighted by atomic mass is 35.5. The number of pyridine rings is 1. The second-order valence-corrected chi connectivity index (χ2v) is 4.41. The van der Waals surface area contributed by atoms with E-state index in [1.165, 1.54) is 0 Å². The molecular weight excluding hydrogens is 277 g/mol. The first kappa shape index (κ1) is 19.3. The molecule has 0 aliphatic carbocycles. The van der Waals surface area contributed by atoms with Crippen molar-refractivity contribution in [2.75, 3.05) is 5.32 Å². The number of anilines is 1. The smallest absolute Gasteiger partial charge is 0.412 e. The van der Waals surface area contributed by atoms with E-state index < -0.39 is 11.7 Å². The average molecular weight is 296 g/mol. The first-order chi connectivity index (χ1) is 7.40. The van der Waals surface area contributed by atoms with E-state index in [2.05, 4.69) is 10.3 Å². The van der Waals surface area contributed by atoms with Gasteiger partial charge >= 0.3 is 6.09 Å². The third-order valence-corrected chi connectivity index (χ3v) is 1.68. The van der Waals surface area contributed by atoms with Crippen molar-refractivity contribution in [1.82, 2.24) is 4.98 Å². The van der Waals surface area contributed by atoms with Crippen LogP contribution < -0.4 is 11.1 Å². The van der Waals surface area contributed by atoms with Gasteiger partial charge in [-0.2, -0.15) is 0 Å². The van der Waals surface area contributed by atoms with Crippen molar-refractivity contribution in [1.29, 1.82) is 0 Å². The molecule has 7 heteroatoms. The van der Waals surface area contributed by atoms with Gasteiger partial charge in [-0.25, -0.2) is 4.79 Å². The number of carbonyl (C=O) groups excluding carboxylic acids is 1. The molecular formula is C11H19Cl2N3O2. The Morgan fingerprint density at radius 3 is 2.50 bits per heavy atom. The zero-order chi connectivity index (χ0) is 12.2. The summed E-state index contributed by atoms with van der Waals surface area (Å²) < 4.78 is 5.11. The summed E-state index contributed by atoms with van der Waals surface area (Å²) in [5.74, 6) is 0. The number of nitrogens with two attached hydrogens (primary N) is 1. The monoisotopic (exact) mass is 295 g/mol. The summed E-state index contributed by atoms with van der Waals surface area (Å²) in [6.07, 6.45) is 2.70. The second-order valence-electron chi connectivity index (χ2n) is 4.41. The number of aromatic nitrogens is 1. The molecule has 0 radical (unpaired) electrons. The Balaban J connectivity index is 0. The Morgan fingerprint density at radius 2 is 2.00 bits per heavy atom. The van der Waals surface area contributed by atoms with Crippen LogP contribution in [0.5, 0.6) is 0 Å². The lowest BCUT2D eigenvalue weighted by atomic mass is 10.2. The van der Waals surface area contributed by atoms with Gasteiger partial charge in [0.05, 0.1) is 11.9 Å². The summed E-state index contributed by atoms with van der Waals surface area (Å²) in [4.78, 5) is 15.4. The average Bonchev–Trinajstić information content (AvgIpc) is 2.15. The van der Waals surface area contributed by atoms with E-state index in [0.29, 0.717) is 12.2 Å². The summed E-state index contributed by atoms with van der Waals surface area (Å²) >= 11 is 0. The molecule has 1 amide bonds. The largest absolute Gasteiger partial charge is 0.444 e. The van der Waals surface area contributed by atoms with Crippen molar-refractivity contribution in [2.24, 2.45) is 5.73 Å². The number of hydrogen-bond donors (Lipinski definition) is 2. The third-order valence-electron chi connectivity index (χ3n) is 1.68. The highest BCUT2D eigenvalue weighted by molar-refractivity contribution is 5.85. The zero-order valence-corrected chi connectivity index (χ0v) is 12.2. The van der Waals surface area contributed by atoms with Crippen LogP contribution in [0.25, 0.3) is 0 Å². The highest BCUT2D eigenvalue weighted by Gasteiger charge is 2.16. The quantitative estimate of drug-likeness (QED) is 0.879. The van der Waals surface area contributed by atoms with E-state index in [1.807, 2.05) is 0 Å². The van der Waals surface area contributed by atoms with Gasteiger partial charge in [0.2, 0.25) is 0 Å². The van der Waals surface area contributed by atoms with Crippen molar-refractivity contribution in [3.05, 3.63) is 24.0 Å². The van der Waals surface area contributed by atoms with Gasteiger partial charge in [-0.1, -0.05) is 0 Å². The van der Waals surface area contributed by atoms with Gasteiger partial charge in [-0.05, 0) is 32.4 Å². The summed E-state index contributed by atoms with van der Waals surface area (Å²) in [7, 11) is 0. The number of rotatable bonds is 2. The van der Waals surface area contributed by atoms with E-state index in [-0.39, 0.29) is 24.8 Å². The molecule has 1 aromatic heterocycles. The molecule has 18 heavy (non-hydrogen) atoms. The van der Waals surface area contributed by atoms with Gasteiger partial charge in [0.25, 0.3) is 0 Å². The van der Waals surface area contributed by atoms with Crippen LogP contribution in [0, 0.1) is 0 Å². The van der Waals surface area contributed by atoms with E-state index in [0.717, 1.165) is 5.56 Å². The van der Waals surface area contributed by atoms with Crippen molar-refractivity contribution in [2.45, 2.75) is 32.9 Å². The minimum Gasteiger partial charge on any atom is -0.444 e. The molecule has 3 N–H and O–H groups in total. The fourth-order valence-electron chi connectivity index (χ4n) is 1.09. The van der Waals surface area contributed by atoms with E-state index >= 15 is 0 Å². The van der Waals surface area contributed by atoms with Gasteiger partial charge < -0.3 is 10.5 Å². The van der Waals surface area contributed by atoms with Crippen LogP contribution in [0.1, 0.15) is 26.3 Å². The number of ether oxygens (including phenoxy) is 1. The normalized spacial score (nSPS) is 9.78. The maximum Gasteiger partial charge on any atom is 0.412 e. The molecule has 0 unspecified atom stereocenters. The van der Waals surface area contributed by atoms with Crippen LogP contribution in [0.2, 0.25) is 0 Å². The van der Waals surface area contributed by atoms with Gasteiger partial charge in [0.15, 0.2) is 0 Å².